The highest BCUT2D eigenvalue weighted by Gasteiger charge is 2.29. The van der Waals surface area contributed by atoms with Gasteiger partial charge >= 0.3 is 0 Å². The summed E-state index contributed by atoms with van der Waals surface area (Å²) in [6.07, 6.45) is 18.3. The quantitative estimate of drug-likeness (QED) is 0.416. The SMILES string of the molecule is COC[C@H]1CN(c2ncccn2)CCN1c1ncc(/C=C/c2ccc(-n3ccnc3)nc2)cn1. The first-order chi connectivity index (χ1) is 16.8. The molecule has 10 heteroatoms. The molecule has 10 nitrogen and oxygen atoms in total. The van der Waals surface area contributed by atoms with Crippen LogP contribution in [0.5, 0.6) is 0 Å². The Morgan fingerprint density at radius 2 is 1.71 bits per heavy atom. The predicted molar refractivity (Wildman–Crippen MR) is 130 cm³/mol. The molecule has 0 aliphatic carbocycles. The van der Waals surface area contributed by atoms with Crippen molar-refractivity contribution in [3.8, 4) is 5.82 Å². The van der Waals surface area contributed by atoms with Crippen LogP contribution in [0.25, 0.3) is 18.0 Å². The smallest absolute Gasteiger partial charge is 0.225 e. The van der Waals surface area contributed by atoms with Crippen LogP contribution in [0.1, 0.15) is 11.1 Å². The van der Waals surface area contributed by atoms with E-state index < -0.39 is 0 Å². The van der Waals surface area contributed by atoms with Gasteiger partial charge in [0.1, 0.15) is 12.1 Å². The maximum absolute atomic E-state index is 5.47. The van der Waals surface area contributed by atoms with E-state index >= 15 is 0 Å². The Hall–Kier alpha value is -4.18. The molecule has 4 aromatic heterocycles. The van der Waals surface area contributed by atoms with Gasteiger partial charge in [-0.3, -0.25) is 4.57 Å². The minimum Gasteiger partial charge on any atom is -0.382 e. The number of anilines is 2. The molecule has 5 heterocycles. The van der Waals surface area contributed by atoms with E-state index in [1.165, 1.54) is 0 Å². The molecule has 0 bridgehead atoms. The molecule has 1 fully saturated rings. The van der Waals surface area contributed by atoms with Crippen LogP contribution >= 0.6 is 0 Å². The number of hydrogen-bond acceptors (Lipinski definition) is 9. The van der Waals surface area contributed by atoms with Gasteiger partial charge in [-0.25, -0.2) is 29.9 Å². The molecular weight excluding hydrogens is 430 g/mol. The van der Waals surface area contributed by atoms with Crippen LogP contribution in [0.15, 0.2) is 67.9 Å². The summed E-state index contributed by atoms with van der Waals surface area (Å²) in [4.78, 5) is 30.9. The minimum absolute atomic E-state index is 0.101. The lowest BCUT2D eigenvalue weighted by Gasteiger charge is -2.41. The summed E-state index contributed by atoms with van der Waals surface area (Å²) in [6.45, 7) is 2.86. The molecule has 172 valence electrons. The van der Waals surface area contributed by atoms with Crippen molar-refractivity contribution < 1.29 is 4.74 Å². The van der Waals surface area contributed by atoms with Crippen LogP contribution in [0.2, 0.25) is 0 Å². The van der Waals surface area contributed by atoms with Gasteiger partial charge in [0.05, 0.1) is 12.6 Å². The topological polar surface area (TPSA) is 98.0 Å². The fourth-order valence-corrected chi connectivity index (χ4v) is 3.89. The third kappa shape index (κ3) is 4.91. The highest BCUT2D eigenvalue weighted by Crippen LogP contribution is 2.20. The lowest BCUT2D eigenvalue weighted by molar-refractivity contribution is 0.173. The number of piperazine rings is 1. The standard InChI is InChI=1S/C24H25N9O/c1-34-17-21-16-31(23-26-7-2-8-27-23)11-12-33(21)24-29-14-20(15-30-24)4-3-19-5-6-22(28-13-19)32-10-9-25-18-32/h2-10,13-15,18,21H,11-12,16-17H2,1H3/b4-3+/t21-/m1/s1. The van der Waals surface area contributed by atoms with E-state index in [0.717, 1.165) is 42.5 Å². The van der Waals surface area contributed by atoms with Crippen molar-refractivity contribution in [3.63, 3.8) is 0 Å². The number of ether oxygens (including phenoxy) is 1. The molecule has 4 aromatic rings. The van der Waals surface area contributed by atoms with Gasteiger partial charge in [0.2, 0.25) is 11.9 Å². The van der Waals surface area contributed by atoms with Crippen molar-refractivity contribution in [2.75, 3.05) is 43.2 Å². The van der Waals surface area contributed by atoms with Crippen LogP contribution in [-0.2, 0) is 4.74 Å². The van der Waals surface area contributed by atoms with Crippen LogP contribution in [0.3, 0.4) is 0 Å². The summed E-state index contributed by atoms with van der Waals surface area (Å²) in [7, 11) is 1.71. The Morgan fingerprint density at radius 3 is 2.41 bits per heavy atom. The van der Waals surface area contributed by atoms with Gasteiger partial charge in [0.15, 0.2) is 0 Å². The normalized spacial score (nSPS) is 16.3. The van der Waals surface area contributed by atoms with Crippen molar-refractivity contribution in [1.29, 1.82) is 0 Å². The number of rotatable bonds is 7. The first-order valence-corrected chi connectivity index (χ1v) is 11.0. The van der Waals surface area contributed by atoms with Crippen LogP contribution in [-0.4, -0.2) is 73.9 Å². The highest BCUT2D eigenvalue weighted by atomic mass is 16.5. The number of methoxy groups -OCH3 is 1. The predicted octanol–water partition coefficient (Wildman–Crippen LogP) is 2.36. The van der Waals surface area contributed by atoms with E-state index in [9.17, 15) is 0 Å². The first-order valence-electron chi connectivity index (χ1n) is 11.0. The van der Waals surface area contributed by atoms with Gasteiger partial charge in [-0.15, -0.1) is 0 Å². The van der Waals surface area contributed by atoms with Gasteiger partial charge < -0.3 is 14.5 Å². The molecular formula is C24H25N9O. The third-order valence-electron chi connectivity index (χ3n) is 5.60. The molecule has 0 saturated carbocycles. The molecule has 1 atom stereocenters. The molecule has 0 unspecified atom stereocenters. The van der Waals surface area contributed by atoms with E-state index in [-0.39, 0.29) is 6.04 Å². The Morgan fingerprint density at radius 1 is 0.912 bits per heavy atom. The molecule has 0 N–H and O–H groups in total. The second kappa shape index (κ2) is 10.2. The molecule has 1 saturated heterocycles. The number of hydrogen-bond donors (Lipinski definition) is 0. The number of pyridine rings is 1. The fourth-order valence-electron chi connectivity index (χ4n) is 3.89. The number of nitrogens with zero attached hydrogens (tertiary/aromatic N) is 9. The Kier molecular flexibility index (Phi) is 6.48. The van der Waals surface area contributed by atoms with Gasteiger partial charge in [-0.05, 0) is 23.8 Å². The molecule has 1 aliphatic rings. The second-order valence-corrected chi connectivity index (χ2v) is 7.87. The maximum atomic E-state index is 5.47. The largest absolute Gasteiger partial charge is 0.382 e. The van der Waals surface area contributed by atoms with Crippen LogP contribution < -0.4 is 9.80 Å². The zero-order valence-electron chi connectivity index (χ0n) is 18.8. The summed E-state index contributed by atoms with van der Waals surface area (Å²) in [5, 5.41) is 0. The first kappa shape index (κ1) is 21.7. The van der Waals surface area contributed by atoms with E-state index in [4.69, 9.17) is 4.74 Å². The Bertz CT molecular complexity index is 1200. The fraction of sp³-hybridized carbons (Fsp3) is 0.250. The summed E-state index contributed by atoms with van der Waals surface area (Å²) < 4.78 is 7.34. The molecule has 5 rings (SSSR count). The summed E-state index contributed by atoms with van der Waals surface area (Å²) in [5.74, 6) is 2.25. The van der Waals surface area contributed by atoms with Crippen molar-refractivity contribution >= 4 is 24.0 Å². The van der Waals surface area contributed by atoms with E-state index in [0.29, 0.717) is 12.6 Å². The van der Waals surface area contributed by atoms with E-state index in [1.54, 1.807) is 32.0 Å². The lowest BCUT2D eigenvalue weighted by atomic mass is 10.2. The van der Waals surface area contributed by atoms with Crippen LogP contribution in [0.4, 0.5) is 11.9 Å². The third-order valence-corrected chi connectivity index (χ3v) is 5.60. The number of imidazole rings is 1. The van der Waals surface area contributed by atoms with Gasteiger partial charge in [-0.1, -0.05) is 12.2 Å². The van der Waals surface area contributed by atoms with Crippen LogP contribution in [0, 0.1) is 0 Å². The molecule has 0 spiro atoms. The van der Waals surface area contributed by atoms with E-state index in [1.807, 2.05) is 59.7 Å². The highest BCUT2D eigenvalue weighted by molar-refractivity contribution is 5.68. The molecule has 34 heavy (non-hydrogen) atoms. The minimum atomic E-state index is 0.101. The second-order valence-electron chi connectivity index (χ2n) is 7.87. The summed E-state index contributed by atoms with van der Waals surface area (Å²) >= 11 is 0. The molecule has 0 aromatic carbocycles. The molecule has 0 amide bonds. The van der Waals surface area contributed by atoms with Gasteiger partial charge in [0.25, 0.3) is 0 Å². The average molecular weight is 456 g/mol. The molecule has 1 aliphatic heterocycles. The van der Waals surface area contributed by atoms with Gasteiger partial charge in [0, 0.05) is 75.7 Å². The molecule has 0 radical (unpaired) electrons. The summed E-state index contributed by atoms with van der Waals surface area (Å²) in [6, 6.07) is 5.89. The van der Waals surface area contributed by atoms with Gasteiger partial charge in [-0.2, -0.15) is 0 Å². The number of aromatic nitrogens is 7. The van der Waals surface area contributed by atoms with Crippen molar-refractivity contribution in [2.45, 2.75) is 6.04 Å². The van der Waals surface area contributed by atoms with Crippen molar-refractivity contribution in [3.05, 3.63) is 79.0 Å². The van der Waals surface area contributed by atoms with Crippen molar-refractivity contribution in [2.24, 2.45) is 0 Å². The Balaban J connectivity index is 1.25. The zero-order chi connectivity index (χ0) is 23.2. The zero-order valence-corrected chi connectivity index (χ0v) is 18.8. The maximum Gasteiger partial charge on any atom is 0.225 e. The monoisotopic (exact) mass is 455 g/mol. The van der Waals surface area contributed by atoms with Crippen molar-refractivity contribution in [1.82, 2.24) is 34.5 Å². The Labute approximate surface area is 197 Å². The van der Waals surface area contributed by atoms with E-state index in [2.05, 4.69) is 39.7 Å². The summed E-state index contributed by atoms with van der Waals surface area (Å²) in [5.41, 5.74) is 1.91. The lowest BCUT2D eigenvalue weighted by Crippen LogP contribution is -2.56. The average Bonchev–Trinajstić information content (AvgIpc) is 3.44.